The Balaban J connectivity index is 2.37. The zero-order chi connectivity index (χ0) is 10.8. The first-order valence-corrected chi connectivity index (χ1v) is 6.46. The lowest BCUT2D eigenvalue weighted by Gasteiger charge is -2.20. The Bertz CT molecular complexity index is 364. The Morgan fingerprint density at radius 2 is 2.00 bits per heavy atom. The number of hydrogen-bond acceptors (Lipinski definition) is 2. The highest BCUT2D eigenvalue weighted by molar-refractivity contribution is 14.1. The summed E-state index contributed by atoms with van der Waals surface area (Å²) in [6, 6.07) is 4.00. The summed E-state index contributed by atoms with van der Waals surface area (Å²) in [6.45, 7) is 2.28. The van der Waals surface area contributed by atoms with E-state index >= 15 is 0 Å². The molecule has 82 valence electrons. The molecule has 2 rings (SSSR count). The molecule has 1 aromatic rings. The van der Waals surface area contributed by atoms with E-state index in [9.17, 15) is 0 Å². The van der Waals surface area contributed by atoms with Crippen molar-refractivity contribution in [1.29, 1.82) is 0 Å². The van der Waals surface area contributed by atoms with E-state index in [1.807, 2.05) is 12.1 Å². The van der Waals surface area contributed by atoms with Crippen molar-refractivity contribution in [3.8, 4) is 5.75 Å². The molecule has 1 saturated heterocycles. The predicted molar refractivity (Wildman–Crippen MR) is 72.2 cm³/mol. The van der Waals surface area contributed by atoms with E-state index < -0.39 is 0 Å². The second-order valence-corrected chi connectivity index (χ2v) is 5.20. The van der Waals surface area contributed by atoms with E-state index in [0.717, 1.165) is 18.8 Å². The van der Waals surface area contributed by atoms with Gasteiger partial charge < -0.3 is 9.64 Å². The van der Waals surface area contributed by atoms with Gasteiger partial charge in [-0.05, 0) is 41.5 Å². The van der Waals surface area contributed by atoms with Crippen LogP contribution in [0.2, 0.25) is 5.02 Å². The fraction of sp³-hybridized carbons (Fsp3) is 0.455. The van der Waals surface area contributed by atoms with Gasteiger partial charge in [0.1, 0.15) is 5.75 Å². The van der Waals surface area contributed by atoms with Gasteiger partial charge in [0, 0.05) is 22.7 Å². The zero-order valence-corrected chi connectivity index (χ0v) is 11.5. The van der Waals surface area contributed by atoms with Crippen LogP contribution in [0.4, 0.5) is 5.69 Å². The van der Waals surface area contributed by atoms with Gasteiger partial charge in [-0.15, -0.1) is 0 Å². The van der Waals surface area contributed by atoms with Crippen LogP contribution in [0.15, 0.2) is 12.1 Å². The van der Waals surface area contributed by atoms with Crippen LogP contribution in [0.5, 0.6) is 5.75 Å². The third-order valence-electron chi connectivity index (χ3n) is 2.67. The van der Waals surface area contributed by atoms with Crippen LogP contribution in [0.25, 0.3) is 0 Å². The molecule has 0 amide bonds. The van der Waals surface area contributed by atoms with Crippen LogP contribution in [0.1, 0.15) is 12.8 Å². The third-order valence-corrected chi connectivity index (χ3v) is 3.83. The topological polar surface area (TPSA) is 12.5 Å². The molecule has 1 fully saturated rings. The number of ether oxygens (including phenoxy) is 1. The van der Waals surface area contributed by atoms with Crippen LogP contribution in [-0.4, -0.2) is 20.2 Å². The predicted octanol–water partition coefficient (Wildman–Crippen LogP) is 3.55. The number of benzene rings is 1. The minimum absolute atomic E-state index is 0.685. The van der Waals surface area contributed by atoms with Gasteiger partial charge in [-0.2, -0.15) is 0 Å². The summed E-state index contributed by atoms with van der Waals surface area (Å²) in [6.07, 6.45) is 2.56. The zero-order valence-electron chi connectivity index (χ0n) is 8.59. The monoisotopic (exact) mass is 337 g/mol. The van der Waals surface area contributed by atoms with Gasteiger partial charge in [-0.25, -0.2) is 0 Å². The summed E-state index contributed by atoms with van der Waals surface area (Å²) < 4.78 is 6.43. The van der Waals surface area contributed by atoms with Crippen molar-refractivity contribution in [3.05, 3.63) is 20.7 Å². The van der Waals surface area contributed by atoms with Crippen molar-refractivity contribution in [3.63, 3.8) is 0 Å². The molecule has 0 aliphatic carbocycles. The Kier molecular flexibility index (Phi) is 3.61. The highest BCUT2D eigenvalue weighted by Gasteiger charge is 2.17. The Morgan fingerprint density at radius 1 is 1.33 bits per heavy atom. The van der Waals surface area contributed by atoms with Gasteiger partial charge in [-0.1, -0.05) is 11.6 Å². The van der Waals surface area contributed by atoms with Crippen molar-refractivity contribution in [2.24, 2.45) is 0 Å². The fourth-order valence-electron chi connectivity index (χ4n) is 1.88. The van der Waals surface area contributed by atoms with Crippen molar-refractivity contribution in [2.75, 3.05) is 25.1 Å². The number of hydrogen-bond donors (Lipinski definition) is 0. The minimum Gasteiger partial charge on any atom is -0.495 e. The molecule has 1 aromatic carbocycles. The largest absolute Gasteiger partial charge is 0.495 e. The van der Waals surface area contributed by atoms with Gasteiger partial charge in [0.25, 0.3) is 0 Å². The summed E-state index contributed by atoms with van der Waals surface area (Å²) >= 11 is 8.39. The Hall–Kier alpha value is -0.160. The Labute approximate surface area is 109 Å². The molecular weight excluding hydrogens is 324 g/mol. The SMILES string of the molecule is COc1cc(N2CCCC2)c(I)cc1Cl. The van der Waals surface area contributed by atoms with Crippen LogP contribution in [-0.2, 0) is 0 Å². The van der Waals surface area contributed by atoms with E-state index in [2.05, 4.69) is 27.5 Å². The first kappa shape index (κ1) is 11.3. The summed E-state index contributed by atoms with van der Waals surface area (Å²) in [5, 5.41) is 0.685. The third kappa shape index (κ3) is 2.33. The molecule has 0 spiro atoms. The van der Waals surface area contributed by atoms with Crippen molar-refractivity contribution in [1.82, 2.24) is 0 Å². The van der Waals surface area contributed by atoms with E-state index in [1.165, 1.54) is 22.1 Å². The summed E-state index contributed by atoms with van der Waals surface area (Å²) in [5.74, 6) is 0.763. The maximum absolute atomic E-state index is 6.06. The van der Waals surface area contributed by atoms with E-state index in [4.69, 9.17) is 16.3 Å². The average Bonchev–Trinajstić information content (AvgIpc) is 2.71. The second kappa shape index (κ2) is 4.78. The normalized spacial score (nSPS) is 15.8. The molecule has 1 heterocycles. The molecule has 1 aliphatic heterocycles. The van der Waals surface area contributed by atoms with Gasteiger partial charge in [0.15, 0.2) is 0 Å². The van der Waals surface area contributed by atoms with Gasteiger partial charge in [-0.3, -0.25) is 0 Å². The summed E-state index contributed by atoms with van der Waals surface area (Å²) in [4.78, 5) is 2.39. The van der Waals surface area contributed by atoms with Crippen molar-refractivity contribution in [2.45, 2.75) is 12.8 Å². The van der Waals surface area contributed by atoms with E-state index in [-0.39, 0.29) is 0 Å². The van der Waals surface area contributed by atoms with Gasteiger partial charge in [0.05, 0.1) is 17.8 Å². The molecule has 2 nitrogen and oxygen atoms in total. The lowest BCUT2D eigenvalue weighted by Crippen LogP contribution is -2.18. The molecule has 15 heavy (non-hydrogen) atoms. The quantitative estimate of drug-likeness (QED) is 0.765. The summed E-state index contributed by atoms with van der Waals surface area (Å²) in [7, 11) is 1.65. The van der Waals surface area contributed by atoms with Crippen LogP contribution in [0, 0.1) is 3.57 Å². The number of rotatable bonds is 2. The first-order chi connectivity index (χ1) is 7.22. The minimum atomic E-state index is 0.685. The molecule has 4 heteroatoms. The van der Waals surface area contributed by atoms with Crippen LogP contribution < -0.4 is 9.64 Å². The smallest absolute Gasteiger partial charge is 0.139 e. The first-order valence-electron chi connectivity index (χ1n) is 5.00. The molecule has 0 aromatic heterocycles. The second-order valence-electron chi connectivity index (χ2n) is 3.63. The molecule has 0 unspecified atom stereocenters. The fourth-order valence-corrected chi connectivity index (χ4v) is 3.11. The molecule has 0 radical (unpaired) electrons. The maximum Gasteiger partial charge on any atom is 0.139 e. The lowest BCUT2D eigenvalue weighted by molar-refractivity contribution is 0.415. The van der Waals surface area contributed by atoms with Crippen LogP contribution in [0.3, 0.4) is 0 Å². The molecule has 0 atom stereocenters. The van der Waals surface area contributed by atoms with E-state index in [0.29, 0.717) is 5.02 Å². The van der Waals surface area contributed by atoms with Crippen LogP contribution >= 0.6 is 34.2 Å². The standard InChI is InChI=1S/C11H13ClINO/c1-15-11-7-10(9(13)6-8(11)12)14-4-2-3-5-14/h6-7H,2-5H2,1H3. The maximum atomic E-state index is 6.06. The average molecular weight is 338 g/mol. The van der Waals surface area contributed by atoms with E-state index in [1.54, 1.807) is 7.11 Å². The van der Waals surface area contributed by atoms with Crippen molar-refractivity contribution < 1.29 is 4.74 Å². The molecule has 0 N–H and O–H groups in total. The van der Waals surface area contributed by atoms with Crippen molar-refractivity contribution >= 4 is 39.9 Å². The highest BCUT2D eigenvalue weighted by Crippen LogP contribution is 2.35. The summed E-state index contributed by atoms with van der Waals surface area (Å²) in [5.41, 5.74) is 1.24. The number of halogens is 2. The molecule has 1 aliphatic rings. The number of anilines is 1. The molecule has 0 saturated carbocycles. The molecular formula is C11H13ClINO. The van der Waals surface area contributed by atoms with Gasteiger partial charge in [0.2, 0.25) is 0 Å². The number of methoxy groups -OCH3 is 1. The Morgan fingerprint density at radius 3 is 2.60 bits per heavy atom. The van der Waals surface area contributed by atoms with Gasteiger partial charge >= 0.3 is 0 Å². The molecule has 0 bridgehead atoms. The lowest BCUT2D eigenvalue weighted by atomic mass is 10.3. The number of nitrogens with zero attached hydrogens (tertiary/aromatic N) is 1. The highest BCUT2D eigenvalue weighted by atomic mass is 127.